The van der Waals surface area contributed by atoms with Crippen molar-refractivity contribution in [2.75, 3.05) is 39.7 Å². The number of hydrogen-bond donors (Lipinski definition) is 3. The van der Waals surface area contributed by atoms with Gasteiger partial charge in [0.1, 0.15) is 54.6 Å². The summed E-state index contributed by atoms with van der Waals surface area (Å²) >= 11 is 0. The first-order valence-electron chi connectivity index (χ1n) is 31.4. The van der Waals surface area contributed by atoms with Crippen LogP contribution in [0.25, 0.3) is 68.3 Å². The number of carbonyl (C=O) groups excluding carboxylic acids is 2. The van der Waals surface area contributed by atoms with E-state index in [9.17, 15) is 19.8 Å². The molecule has 0 spiro atoms. The maximum Gasteiger partial charge on any atom is 0.167 e. The third kappa shape index (κ3) is 23.1. The van der Waals surface area contributed by atoms with Gasteiger partial charge in [0.05, 0.1) is 29.4 Å². The van der Waals surface area contributed by atoms with Crippen LogP contribution >= 0.6 is 0 Å². The molecule has 0 amide bonds. The number of hydrogen-bond acceptors (Lipinski definition) is 16. The zero-order chi connectivity index (χ0) is 65.0. The van der Waals surface area contributed by atoms with E-state index in [1.165, 1.54) is 0 Å². The Morgan fingerprint density at radius 1 is 0.452 bits per heavy atom. The number of carbonyl (C=O) groups is 2. The van der Waals surface area contributed by atoms with Crippen LogP contribution in [0.2, 0.25) is 0 Å². The first-order valence-corrected chi connectivity index (χ1v) is 31.4. The number of nitrogens with one attached hydrogen (secondary N) is 1. The quantitative estimate of drug-likeness (QED) is 0.0282. The number of phenols is 2. The fourth-order valence-corrected chi connectivity index (χ4v) is 10.2. The summed E-state index contributed by atoms with van der Waals surface area (Å²) < 4.78 is 30.2. The Labute approximate surface area is 554 Å². The largest absolute Gasteiger partial charge is 0.507 e. The highest BCUT2D eigenvalue weighted by molar-refractivity contribution is 5.76. The molecule has 2 heterocycles. The Morgan fingerprint density at radius 2 is 0.785 bits per heavy atom. The maximum absolute atomic E-state index is 11.4. The molecule has 16 heteroatoms. The number of benzene rings is 6. The number of aromatic hydroxyl groups is 2. The third-order valence-electron chi connectivity index (χ3n) is 15.5. The van der Waals surface area contributed by atoms with Crippen molar-refractivity contribution in [3.05, 3.63) is 154 Å². The van der Waals surface area contributed by atoms with Gasteiger partial charge < -0.3 is 44.0 Å². The Bertz CT molecular complexity index is 3370. The van der Waals surface area contributed by atoms with E-state index in [1.54, 1.807) is 50.2 Å². The molecule has 4 unspecified atom stereocenters. The van der Waals surface area contributed by atoms with Crippen LogP contribution in [0.5, 0.6) is 23.0 Å². The maximum atomic E-state index is 11.4. The van der Waals surface area contributed by atoms with Crippen molar-refractivity contribution in [1.82, 2.24) is 35.2 Å². The molecule has 6 aromatic carbocycles. The molecule has 0 bridgehead atoms. The van der Waals surface area contributed by atoms with Crippen molar-refractivity contribution in [3.8, 4) is 91.3 Å². The highest BCUT2D eigenvalue weighted by atomic mass is 16.7. The van der Waals surface area contributed by atoms with Gasteiger partial charge in [-0.3, -0.25) is 4.79 Å². The van der Waals surface area contributed by atoms with Crippen molar-refractivity contribution < 1.29 is 43.5 Å². The van der Waals surface area contributed by atoms with Gasteiger partial charge in [0.25, 0.3) is 0 Å². The Morgan fingerprint density at radius 3 is 1.10 bits per heavy atom. The summed E-state index contributed by atoms with van der Waals surface area (Å²) in [5, 5.41) is 26.0. The van der Waals surface area contributed by atoms with Gasteiger partial charge in [0, 0.05) is 66.9 Å². The third-order valence-corrected chi connectivity index (χ3v) is 15.5. The highest BCUT2D eigenvalue weighted by Gasteiger charge is 2.21. The minimum Gasteiger partial charge on any atom is -0.507 e. The molecule has 0 aliphatic rings. The predicted octanol–water partition coefficient (Wildman–Crippen LogP) is 17.2. The number of phenolic OH excluding ortho intramolecular Hbond substituents is 2. The number of nitrogens with zero attached hydrogens (tertiary/aromatic N) is 6. The van der Waals surface area contributed by atoms with E-state index < -0.39 is 0 Å². The molecular formula is C77H103N7O9. The number of ether oxygens (including phenoxy) is 5. The molecule has 0 fully saturated rings. The molecule has 93 heavy (non-hydrogen) atoms. The summed E-state index contributed by atoms with van der Waals surface area (Å²) in [6.07, 6.45) is 4.14. The van der Waals surface area contributed by atoms with Crippen LogP contribution in [0.3, 0.4) is 0 Å². The van der Waals surface area contributed by atoms with E-state index in [0.717, 1.165) is 99.3 Å². The van der Waals surface area contributed by atoms with E-state index in [2.05, 4.69) is 64.2 Å². The van der Waals surface area contributed by atoms with Gasteiger partial charge in [-0.15, -0.1) is 0 Å². The molecule has 0 saturated heterocycles. The molecule has 0 aliphatic carbocycles. The molecule has 0 aliphatic heterocycles. The predicted molar refractivity (Wildman–Crippen MR) is 377 cm³/mol. The molecule has 2 aromatic heterocycles. The second-order valence-electron chi connectivity index (χ2n) is 23.9. The number of ketones is 2. The van der Waals surface area contributed by atoms with Gasteiger partial charge >= 0.3 is 0 Å². The van der Waals surface area contributed by atoms with Gasteiger partial charge in [-0.05, 0) is 154 Å². The Balaban J connectivity index is 0.000000727. The fourth-order valence-electron chi connectivity index (χ4n) is 10.2. The lowest BCUT2D eigenvalue weighted by molar-refractivity contribution is -0.133. The molecular weight excluding hydrogens is 1170 g/mol. The topological polar surface area (TPSA) is 210 Å². The summed E-state index contributed by atoms with van der Waals surface area (Å²) in [5.74, 6) is 4.68. The van der Waals surface area contributed by atoms with Crippen LogP contribution in [0.15, 0.2) is 109 Å². The molecule has 0 saturated carbocycles. The summed E-state index contributed by atoms with van der Waals surface area (Å²) in [6, 6.07) is 35.0. The molecule has 500 valence electrons. The van der Waals surface area contributed by atoms with E-state index in [4.69, 9.17) is 53.6 Å². The van der Waals surface area contributed by atoms with E-state index in [0.29, 0.717) is 89.2 Å². The van der Waals surface area contributed by atoms with Crippen LogP contribution in [0.1, 0.15) is 147 Å². The second kappa shape index (κ2) is 37.4. The first kappa shape index (κ1) is 77.2. The molecule has 8 aromatic rings. The highest BCUT2D eigenvalue weighted by Crippen LogP contribution is 2.37. The van der Waals surface area contributed by atoms with E-state index >= 15 is 0 Å². The molecule has 16 nitrogen and oxygen atoms in total. The van der Waals surface area contributed by atoms with Crippen molar-refractivity contribution >= 4 is 11.6 Å². The summed E-state index contributed by atoms with van der Waals surface area (Å²) in [6.45, 7) is 30.5. The zero-order valence-corrected chi connectivity index (χ0v) is 55.1. The van der Waals surface area contributed by atoms with Crippen molar-refractivity contribution in [2.24, 2.45) is 5.92 Å². The van der Waals surface area contributed by atoms with Crippen molar-refractivity contribution in [3.63, 3.8) is 0 Å². The van der Waals surface area contributed by atoms with E-state index in [-0.39, 0.29) is 83.7 Å². The second-order valence-corrected chi connectivity index (χ2v) is 23.9. The minimum atomic E-state index is -0.287. The number of rotatable bonds is 30. The summed E-state index contributed by atoms with van der Waals surface area (Å²) in [4.78, 5) is 50.9. The Hall–Kier alpha value is -8.28. The lowest BCUT2D eigenvalue weighted by Crippen LogP contribution is -2.29. The van der Waals surface area contributed by atoms with Crippen LogP contribution in [0, 0.1) is 61.3 Å². The monoisotopic (exact) mass is 1270 g/mol. The lowest BCUT2D eigenvalue weighted by Gasteiger charge is -2.21. The van der Waals surface area contributed by atoms with Crippen LogP contribution < -0.4 is 14.8 Å². The van der Waals surface area contributed by atoms with Crippen molar-refractivity contribution in [1.29, 1.82) is 0 Å². The minimum absolute atomic E-state index is 0. The van der Waals surface area contributed by atoms with E-state index in [1.807, 2.05) is 97.0 Å². The normalized spacial score (nSPS) is 12.2. The van der Waals surface area contributed by atoms with Crippen molar-refractivity contribution in [2.45, 2.75) is 176 Å². The van der Waals surface area contributed by atoms with Crippen LogP contribution in [-0.4, -0.2) is 110 Å². The van der Waals surface area contributed by atoms with Gasteiger partial charge in [0.2, 0.25) is 0 Å². The Kier molecular flexibility index (Phi) is 31.1. The smallest absolute Gasteiger partial charge is 0.167 e. The average molecular weight is 1270 g/mol. The number of aromatic nitrogens is 6. The van der Waals surface area contributed by atoms with Gasteiger partial charge in [-0.25, -0.2) is 29.9 Å². The molecule has 0 radical (unpaired) electrons. The molecule has 8 rings (SSSR count). The summed E-state index contributed by atoms with van der Waals surface area (Å²) in [5.41, 5.74) is 13.3. The standard InChI is InChI=1S/C59H62N6O6.C15H29NO3.3CH4/c1-11-42(31-68-44-17-23-50(52(66)29-44)58-62-54(46-19-13-34(3)25-38(46)7)60-55(63-58)47-20-14-35(4)26-39(47)8)70-33-71-43(12-2)32-69-45-18-24-51(53(67)30-45)59-64-56(48-21-15-36(5)27-40(48)9)61-57(65-59)49-22-16-37(6)28-41(49)10;1-12(6-5-7-13(2)17)11-19-15(4)10-16-9-8-14(3)18;;;/h13-30,42-43,66-67H,11-12,31-33H2,1-10H3;12,15-16H,5-11H2,1-4H3;3*1H4. The zero-order valence-electron chi connectivity index (χ0n) is 55.1. The summed E-state index contributed by atoms with van der Waals surface area (Å²) in [7, 11) is 0. The van der Waals surface area contributed by atoms with Gasteiger partial charge in [-0.2, -0.15) is 0 Å². The van der Waals surface area contributed by atoms with Gasteiger partial charge in [-0.1, -0.05) is 138 Å². The number of aryl methyl sites for hydroxylation is 8. The molecule has 3 N–H and O–H groups in total. The first-order chi connectivity index (χ1) is 43.1. The fraction of sp³-hybridized carbons (Fsp3) is 0.429. The number of Topliss-reactive ketones (excluding diaryl/α,β-unsaturated/α-hetero) is 2. The SMILES string of the molecule is C.C.C.CC(=O)CCCC(C)COC(C)CNCCC(C)=O.CCC(COc1ccc(-c2nc(-c3ccc(C)cc3C)nc(-c3ccc(C)cc3C)n2)c(O)c1)OCOC(CC)COc1ccc(-c2nc(-c3ccc(C)cc3C)nc(-c3ccc(C)cc3C)n2)c(O)c1. The van der Waals surface area contributed by atoms with Gasteiger partial charge in [0.15, 0.2) is 34.9 Å². The average Bonchev–Trinajstić information content (AvgIpc) is 0.801. The lowest BCUT2D eigenvalue weighted by atomic mass is 10.0. The molecule has 4 atom stereocenters. The van der Waals surface area contributed by atoms with Crippen LogP contribution in [-0.2, 0) is 23.8 Å². The van der Waals surface area contributed by atoms with Crippen LogP contribution in [0.4, 0.5) is 0 Å².